The lowest BCUT2D eigenvalue weighted by Gasteiger charge is -2.30. The smallest absolute Gasteiger partial charge is 0.300 e. The number of hydrogen-bond donors (Lipinski definition) is 0. The Kier molecular flexibility index (Phi) is 4.41. The highest BCUT2D eigenvalue weighted by molar-refractivity contribution is 5.76. The minimum atomic E-state index is 0.818. The molecule has 0 atom stereocenters. The molecule has 2 rings (SSSR count). The number of guanidine groups is 1. The van der Waals surface area contributed by atoms with E-state index in [1.165, 1.54) is 0 Å². The summed E-state index contributed by atoms with van der Waals surface area (Å²) in [4.78, 5) is 9.81. The molecule has 0 spiro atoms. The minimum absolute atomic E-state index is 0.818. The molecule has 0 radical (unpaired) electrons. The lowest BCUT2D eigenvalue weighted by atomic mass is 10.3. The van der Waals surface area contributed by atoms with Crippen LogP contribution in [0.5, 0.6) is 0 Å². The first-order valence-electron chi connectivity index (χ1n) is 6.50. The van der Waals surface area contributed by atoms with Gasteiger partial charge in [-0.2, -0.15) is 0 Å². The van der Waals surface area contributed by atoms with E-state index in [-0.39, 0.29) is 0 Å². The van der Waals surface area contributed by atoms with Gasteiger partial charge < -0.3 is 9.80 Å². The van der Waals surface area contributed by atoms with Gasteiger partial charge in [0.25, 0.3) is 0 Å². The number of azide groups is 1. The molecule has 7 heteroatoms. The second-order valence-corrected chi connectivity index (χ2v) is 5.07. The maximum Gasteiger partial charge on any atom is 0.476 e. The molecule has 0 aromatic rings. The molecule has 0 saturated carbocycles. The largest absolute Gasteiger partial charge is 0.476 e. The zero-order chi connectivity index (χ0) is 13.0. The molecule has 0 aromatic carbocycles. The fourth-order valence-corrected chi connectivity index (χ4v) is 2.38. The molecule has 0 N–H and O–H groups in total. The topological polar surface area (TPSA) is 61.5 Å². The van der Waals surface area contributed by atoms with E-state index in [9.17, 15) is 0 Å². The third-order valence-corrected chi connectivity index (χ3v) is 3.71. The van der Waals surface area contributed by atoms with Crippen LogP contribution in [-0.2, 0) is 0 Å². The fourth-order valence-electron chi connectivity index (χ4n) is 2.38. The average Bonchev–Trinajstić information content (AvgIpc) is 2.39. The predicted molar refractivity (Wildman–Crippen MR) is 70.7 cm³/mol. The molecule has 0 aliphatic carbocycles. The van der Waals surface area contributed by atoms with E-state index in [4.69, 9.17) is 5.53 Å². The van der Waals surface area contributed by atoms with E-state index in [1.807, 2.05) is 0 Å². The third-order valence-electron chi connectivity index (χ3n) is 3.71. The van der Waals surface area contributed by atoms with Crippen LogP contribution in [0, 0.1) is 0 Å². The zero-order valence-electron chi connectivity index (χ0n) is 11.3. The van der Waals surface area contributed by atoms with Gasteiger partial charge in [-0.05, 0) is 14.1 Å². The van der Waals surface area contributed by atoms with Gasteiger partial charge in [-0.15, -0.1) is 0 Å². The maximum atomic E-state index is 8.77. The van der Waals surface area contributed by atoms with Gasteiger partial charge in [0.1, 0.15) is 0 Å². The number of rotatable bonds is 0. The van der Waals surface area contributed by atoms with Gasteiger partial charge in [-0.3, -0.25) is 9.48 Å². The third kappa shape index (κ3) is 3.13. The lowest BCUT2D eigenvalue weighted by Crippen LogP contribution is -2.51. The summed E-state index contributed by atoms with van der Waals surface area (Å²) in [6, 6.07) is 0. The standard InChI is InChI=1S/C11H22N7/c1-15-3-7-17(8-4-15)11(13-14-12)18-9-5-16(2)6-10-18/h3-10H2,1-2H3/q+1. The summed E-state index contributed by atoms with van der Waals surface area (Å²) in [5, 5.41) is 3.93. The van der Waals surface area contributed by atoms with E-state index in [0.29, 0.717) is 0 Å². The summed E-state index contributed by atoms with van der Waals surface area (Å²) < 4.78 is 2.21. The Bertz CT molecular complexity index is 354. The van der Waals surface area contributed by atoms with E-state index in [2.05, 4.69) is 43.4 Å². The first-order valence-corrected chi connectivity index (χ1v) is 6.50. The number of nitrogens with zero attached hydrogens (tertiary/aromatic N) is 7. The van der Waals surface area contributed by atoms with Crippen molar-refractivity contribution in [3.8, 4) is 0 Å². The molecule has 2 saturated heterocycles. The van der Waals surface area contributed by atoms with Crippen LogP contribution in [0.25, 0.3) is 10.4 Å². The number of piperazine rings is 2. The second-order valence-electron chi connectivity index (χ2n) is 5.07. The molecular weight excluding hydrogens is 230 g/mol. The van der Waals surface area contributed by atoms with Gasteiger partial charge in [0.2, 0.25) is 4.91 Å². The molecule has 7 nitrogen and oxygen atoms in total. The summed E-state index contributed by atoms with van der Waals surface area (Å²) >= 11 is 0. The van der Waals surface area contributed by atoms with E-state index >= 15 is 0 Å². The van der Waals surface area contributed by atoms with Gasteiger partial charge in [0, 0.05) is 31.7 Å². The molecule has 0 aromatic heterocycles. The Morgan fingerprint density at radius 1 is 1.00 bits per heavy atom. The summed E-state index contributed by atoms with van der Waals surface area (Å²) in [6.07, 6.45) is 0. The van der Waals surface area contributed by atoms with E-state index in [0.717, 1.165) is 58.3 Å². The fraction of sp³-hybridized carbons (Fsp3) is 0.909. The van der Waals surface area contributed by atoms with Crippen LogP contribution in [0.3, 0.4) is 0 Å². The van der Waals surface area contributed by atoms with E-state index in [1.54, 1.807) is 0 Å². The molecule has 0 amide bonds. The lowest BCUT2D eigenvalue weighted by molar-refractivity contribution is -0.544. The zero-order valence-corrected chi connectivity index (χ0v) is 11.3. The summed E-state index contributed by atoms with van der Waals surface area (Å²) in [6.45, 7) is 7.87. The van der Waals surface area contributed by atoms with Gasteiger partial charge >= 0.3 is 11.1 Å². The Morgan fingerprint density at radius 2 is 1.56 bits per heavy atom. The highest BCUT2D eigenvalue weighted by Gasteiger charge is 2.31. The van der Waals surface area contributed by atoms with Gasteiger partial charge in [-0.25, -0.2) is 0 Å². The van der Waals surface area contributed by atoms with Crippen molar-refractivity contribution in [2.75, 3.05) is 66.5 Å². The Labute approximate surface area is 108 Å². The summed E-state index contributed by atoms with van der Waals surface area (Å²) in [7, 11) is 4.25. The van der Waals surface area contributed by atoms with Crippen LogP contribution in [0.2, 0.25) is 0 Å². The molecule has 2 aliphatic heterocycles. The van der Waals surface area contributed by atoms with Crippen LogP contribution >= 0.6 is 0 Å². The molecule has 0 bridgehead atoms. The van der Waals surface area contributed by atoms with Crippen molar-refractivity contribution in [3.05, 3.63) is 10.4 Å². The van der Waals surface area contributed by atoms with Crippen molar-refractivity contribution >= 4 is 5.96 Å². The first-order chi connectivity index (χ1) is 8.70. The van der Waals surface area contributed by atoms with Crippen molar-refractivity contribution in [1.29, 1.82) is 0 Å². The molecule has 2 heterocycles. The molecule has 2 aliphatic rings. The Morgan fingerprint density at radius 3 is 2.11 bits per heavy atom. The van der Waals surface area contributed by atoms with Crippen LogP contribution in [0.1, 0.15) is 0 Å². The van der Waals surface area contributed by atoms with Gasteiger partial charge in [0.05, 0.1) is 26.2 Å². The van der Waals surface area contributed by atoms with Crippen molar-refractivity contribution in [1.82, 2.24) is 14.7 Å². The molecule has 18 heavy (non-hydrogen) atoms. The summed E-state index contributed by atoms with van der Waals surface area (Å²) in [5.41, 5.74) is 8.77. The summed E-state index contributed by atoms with van der Waals surface area (Å²) in [5.74, 6) is 0.818. The van der Waals surface area contributed by atoms with Crippen molar-refractivity contribution in [2.45, 2.75) is 0 Å². The number of hydrogen-bond acceptors (Lipinski definition) is 2. The average molecular weight is 252 g/mol. The van der Waals surface area contributed by atoms with Crippen LogP contribution < -0.4 is 0 Å². The van der Waals surface area contributed by atoms with Crippen molar-refractivity contribution in [3.63, 3.8) is 0 Å². The normalized spacial score (nSPS) is 22.8. The SMILES string of the molecule is CN1CCN(C(N=[N+]=[N-])=[N+]2CCN(C)CC2)CC1. The first kappa shape index (κ1) is 13.1. The van der Waals surface area contributed by atoms with Crippen LogP contribution in [0.4, 0.5) is 0 Å². The highest BCUT2D eigenvalue weighted by atomic mass is 15.4. The van der Waals surface area contributed by atoms with Crippen molar-refractivity contribution in [2.24, 2.45) is 5.11 Å². The molecular formula is C11H22N7+. The predicted octanol–water partition coefficient (Wildman–Crippen LogP) is -0.142. The monoisotopic (exact) mass is 252 g/mol. The number of likely N-dealkylation sites (N-methyl/N-ethyl adjacent to an activating group) is 2. The van der Waals surface area contributed by atoms with Crippen LogP contribution in [0.15, 0.2) is 5.11 Å². The Hall–Kier alpha value is -1.30. The molecule has 2 fully saturated rings. The highest BCUT2D eigenvalue weighted by Crippen LogP contribution is 2.04. The minimum Gasteiger partial charge on any atom is -0.300 e. The van der Waals surface area contributed by atoms with Gasteiger partial charge in [0.15, 0.2) is 0 Å². The van der Waals surface area contributed by atoms with E-state index < -0.39 is 0 Å². The van der Waals surface area contributed by atoms with Crippen LogP contribution in [-0.4, -0.2) is 91.7 Å². The second kappa shape index (κ2) is 6.04. The maximum absolute atomic E-state index is 8.77. The molecule has 0 unspecified atom stereocenters. The van der Waals surface area contributed by atoms with Crippen molar-refractivity contribution < 1.29 is 4.58 Å². The molecule has 100 valence electrons. The quantitative estimate of drug-likeness (QED) is 0.198. The van der Waals surface area contributed by atoms with Gasteiger partial charge in [-0.1, -0.05) is 0 Å². The Balaban J connectivity index is 2.12.